The van der Waals surface area contributed by atoms with Gasteiger partial charge >= 0.3 is 0 Å². The summed E-state index contributed by atoms with van der Waals surface area (Å²) >= 11 is 0. The topological polar surface area (TPSA) is 59.3 Å². The Morgan fingerprint density at radius 2 is 1.95 bits per heavy atom. The lowest BCUT2D eigenvalue weighted by Gasteiger charge is -2.23. The Hall–Kier alpha value is -2.50. The van der Waals surface area contributed by atoms with Crippen molar-refractivity contribution in [3.63, 3.8) is 0 Å². The maximum absolute atomic E-state index is 12.9. The van der Waals surface area contributed by atoms with Crippen molar-refractivity contribution in [2.24, 2.45) is 0 Å². The first-order valence-electron chi connectivity index (χ1n) is 6.75. The van der Waals surface area contributed by atoms with E-state index in [1.807, 2.05) is 0 Å². The van der Waals surface area contributed by atoms with Crippen LogP contribution in [0.1, 0.15) is 18.4 Å². The van der Waals surface area contributed by atoms with Crippen LogP contribution >= 0.6 is 0 Å². The maximum atomic E-state index is 12.9. The van der Waals surface area contributed by atoms with Crippen LogP contribution in [-0.4, -0.2) is 15.9 Å². The van der Waals surface area contributed by atoms with E-state index >= 15 is 0 Å². The number of nitrogens with zero attached hydrogens (tertiary/aromatic N) is 3. The Morgan fingerprint density at radius 3 is 2.48 bits per heavy atom. The van der Waals surface area contributed by atoms with E-state index in [2.05, 4.69) is 9.88 Å². The molecule has 0 bridgehead atoms. The summed E-state index contributed by atoms with van der Waals surface area (Å²) in [6, 6.07) is 9.89. The molecule has 108 valence electrons. The van der Waals surface area contributed by atoms with Gasteiger partial charge in [0.15, 0.2) is 0 Å². The number of hydrogen-bond acceptors (Lipinski definition) is 4. The number of pyridine rings is 1. The van der Waals surface area contributed by atoms with E-state index in [4.69, 9.17) is 0 Å². The molecule has 1 aliphatic rings. The first kappa shape index (κ1) is 13.5. The normalized spacial score (nSPS) is 14.0. The van der Waals surface area contributed by atoms with Crippen LogP contribution in [0.25, 0.3) is 0 Å². The summed E-state index contributed by atoms with van der Waals surface area (Å²) < 4.78 is 12.9. The van der Waals surface area contributed by atoms with Gasteiger partial charge in [0.25, 0.3) is 5.69 Å². The van der Waals surface area contributed by atoms with Gasteiger partial charge in [-0.1, -0.05) is 12.1 Å². The van der Waals surface area contributed by atoms with Crippen molar-refractivity contribution < 1.29 is 9.31 Å². The van der Waals surface area contributed by atoms with E-state index in [1.165, 1.54) is 24.4 Å². The third-order valence-electron chi connectivity index (χ3n) is 3.49. The number of rotatable bonds is 5. The van der Waals surface area contributed by atoms with E-state index in [0.717, 1.165) is 18.4 Å². The number of nitro groups is 1. The van der Waals surface area contributed by atoms with Crippen LogP contribution in [0.5, 0.6) is 0 Å². The predicted molar refractivity (Wildman–Crippen MR) is 76.5 cm³/mol. The van der Waals surface area contributed by atoms with Gasteiger partial charge in [-0.3, -0.25) is 10.1 Å². The van der Waals surface area contributed by atoms with Crippen LogP contribution in [-0.2, 0) is 6.54 Å². The fourth-order valence-corrected chi connectivity index (χ4v) is 2.23. The van der Waals surface area contributed by atoms with Crippen molar-refractivity contribution in [1.29, 1.82) is 0 Å². The molecular formula is C15H14FN3O2. The molecule has 2 aromatic rings. The standard InChI is InChI=1S/C15H14FN3O2/c16-12-3-1-11(2-4-12)10-18(13-5-6-13)15-8-7-14(9-17-15)19(20)21/h1-4,7-9,13H,5-6,10H2. The number of aromatic nitrogens is 1. The monoisotopic (exact) mass is 287 g/mol. The van der Waals surface area contributed by atoms with E-state index in [-0.39, 0.29) is 11.5 Å². The van der Waals surface area contributed by atoms with E-state index in [0.29, 0.717) is 18.4 Å². The van der Waals surface area contributed by atoms with Crippen LogP contribution < -0.4 is 4.90 Å². The molecule has 6 heteroatoms. The van der Waals surface area contributed by atoms with Crippen molar-refractivity contribution in [3.8, 4) is 0 Å². The fraction of sp³-hybridized carbons (Fsp3) is 0.267. The Bertz CT molecular complexity index is 639. The molecule has 0 unspecified atom stereocenters. The van der Waals surface area contributed by atoms with Crippen molar-refractivity contribution in [2.75, 3.05) is 4.90 Å². The maximum Gasteiger partial charge on any atom is 0.287 e. The summed E-state index contributed by atoms with van der Waals surface area (Å²) in [4.78, 5) is 16.5. The molecule has 0 radical (unpaired) electrons. The van der Waals surface area contributed by atoms with E-state index in [9.17, 15) is 14.5 Å². The predicted octanol–water partition coefficient (Wildman–Crippen LogP) is 3.30. The highest BCUT2D eigenvalue weighted by atomic mass is 19.1. The second-order valence-electron chi connectivity index (χ2n) is 5.12. The number of anilines is 1. The van der Waals surface area contributed by atoms with Crippen molar-refractivity contribution in [1.82, 2.24) is 4.98 Å². The van der Waals surface area contributed by atoms with E-state index in [1.54, 1.807) is 18.2 Å². The van der Waals surface area contributed by atoms with Crippen molar-refractivity contribution in [2.45, 2.75) is 25.4 Å². The lowest BCUT2D eigenvalue weighted by atomic mass is 10.2. The van der Waals surface area contributed by atoms with Crippen molar-refractivity contribution >= 4 is 11.5 Å². The van der Waals surface area contributed by atoms with Gasteiger partial charge in [0.2, 0.25) is 0 Å². The Balaban J connectivity index is 1.81. The molecule has 3 rings (SSSR count). The molecule has 1 aromatic heterocycles. The van der Waals surface area contributed by atoms with Gasteiger partial charge in [0, 0.05) is 18.7 Å². The molecular weight excluding hydrogens is 273 g/mol. The number of halogens is 1. The average Bonchev–Trinajstić information content (AvgIpc) is 3.31. The summed E-state index contributed by atoms with van der Waals surface area (Å²) in [5.74, 6) is 0.456. The molecule has 1 saturated carbocycles. The first-order chi connectivity index (χ1) is 10.1. The largest absolute Gasteiger partial charge is 0.349 e. The molecule has 1 aromatic carbocycles. The molecule has 0 amide bonds. The zero-order valence-corrected chi connectivity index (χ0v) is 11.3. The molecule has 1 fully saturated rings. The minimum absolute atomic E-state index is 0.0173. The molecule has 0 N–H and O–H groups in total. The zero-order valence-electron chi connectivity index (χ0n) is 11.3. The molecule has 0 saturated heterocycles. The highest BCUT2D eigenvalue weighted by Gasteiger charge is 2.30. The fourth-order valence-electron chi connectivity index (χ4n) is 2.23. The van der Waals surface area contributed by atoms with Gasteiger partial charge in [-0.2, -0.15) is 0 Å². The van der Waals surface area contributed by atoms with Crippen LogP contribution in [0.3, 0.4) is 0 Å². The Kier molecular flexibility index (Phi) is 3.51. The molecule has 0 spiro atoms. The van der Waals surface area contributed by atoms with Gasteiger partial charge in [0.05, 0.1) is 4.92 Å². The lowest BCUT2D eigenvalue weighted by molar-refractivity contribution is -0.385. The van der Waals surface area contributed by atoms with Gasteiger partial charge in [0.1, 0.15) is 17.8 Å². The highest BCUT2D eigenvalue weighted by Crippen LogP contribution is 2.32. The lowest BCUT2D eigenvalue weighted by Crippen LogP contribution is -2.25. The second-order valence-corrected chi connectivity index (χ2v) is 5.12. The molecule has 1 heterocycles. The Labute approximate surface area is 121 Å². The minimum atomic E-state index is -0.460. The molecule has 0 aliphatic heterocycles. The van der Waals surface area contributed by atoms with E-state index < -0.39 is 4.92 Å². The second kappa shape index (κ2) is 5.47. The summed E-state index contributed by atoms with van der Waals surface area (Å²) in [6.07, 6.45) is 3.44. The molecule has 21 heavy (non-hydrogen) atoms. The van der Waals surface area contributed by atoms with Crippen LogP contribution in [0.2, 0.25) is 0 Å². The highest BCUT2D eigenvalue weighted by molar-refractivity contribution is 5.45. The quantitative estimate of drug-likeness (QED) is 0.625. The summed E-state index contributed by atoms with van der Waals surface area (Å²) in [7, 11) is 0. The Morgan fingerprint density at radius 1 is 1.24 bits per heavy atom. The SMILES string of the molecule is O=[N+]([O-])c1ccc(N(Cc2ccc(F)cc2)C2CC2)nc1. The van der Waals surface area contributed by atoms with Crippen LogP contribution in [0.4, 0.5) is 15.9 Å². The minimum Gasteiger partial charge on any atom is -0.349 e. The van der Waals surface area contributed by atoms with Crippen LogP contribution in [0.15, 0.2) is 42.6 Å². The third-order valence-corrected chi connectivity index (χ3v) is 3.49. The number of hydrogen-bond donors (Lipinski definition) is 0. The van der Waals surface area contributed by atoms with Crippen LogP contribution in [0, 0.1) is 15.9 Å². The van der Waals surface area contributed by atoms with Gasteiger partial charge < -0.3 is 4.90 Å². The molecule has 5 nitrogen and oxygen atoms in total. The van der Waals surface area contributed by atoms with Gasteiger partial charge in [-0.15, -0.1) is 0 Å². The third kappa shape index (κ3) is 3.16. The number of benzene rings is 1. The van der Waals surface area contributed by atoms with Crippen molar-refractivity contribution in [3.05, 3.63) is 64.1 Å². The zero-order chi connectivity index (χ0) is 14.8. The van der Waals surface area contributed by atoms with Gasteiger partial charge in [-0.25, -0.2) is 9.37 Å². The van der Waals surface area contributed by atoms with Gasteiger partial charge in [-0.05, 0) is 36.6 Å². The summed E-state index contributed by atoms with van der Waals surface area (Å²) in [5, 5.41) is 10.7. The average molecular weight is 287 g/mol. The molecule has 1 aliphatic carbocycles. The summed E-state index contributed by atoms with van der Waals surface area (Å²) in [5.41, 5.74) is 0.972. The first-order valence-corrected chi connectivity index (χ1v) is 6.75. The summed E-state index contributed by atoms with van der Waals surface area (Å²) in [6.45, 7) is 0.621. The smallest absolute Gasteiger partial charge is 0.287 e. The molecule has 0 atom stereocenters.